The van der Waals surface area contributed by atoms with Gasteiger partial charge in [-0.3, -0.25) is 4.79 Å². The Labute approximate surface area is 144 Å². The maximum absolute atomic E-state index is 12.4. The van der Waals surface area contributed by atoms with E-state index in [2.05, 4.69) is 19.9 Å². The van der Waals surface area contributed by atoms with Crippen molar-refractivity contribution in [2.24, 2.45) is 0 Å². The van der Waals surface area contributed by atoms with Crippen LogP contribution in [0.25, 0.3) is 0 Å². The first-order chi connectivity index (χ1) is 11.3. The smallest absolute Gasteiger partial charge is 0.275 e. The molecule has 1 aliphatic heterocycles. The average Bonchev–Trinajstić information content (AvgIpc) is 3.06. The largest absolute Gasteiger partial charge is 0.348 e. The predicted octanol–water partition coefficient (Wildman–Crippen LogP) is 4.08. The Morgan fingerprint density at radius 2 is 2.04 bits per heavy atom. The van der Waals surface area contributed by atoms with Gasteiger partial charge in [-0.05, 0) is 37.5 Å². The Kier molecular flexibility index (Phi) is 5.40. The fourth-order valence-corrected chi connectivity index (χ4v) is 3.79. The molecular formula is C16H20N4OS2. The lowest BCUT2D eigenvalue weighted by atomic mass is 10.1. The summed E-state index contributed by atoms with van der Waals surface area (Å²) in [6, 6.07) is 7.66. The molecule has 0 aliphatic carbocycles. The molecule has 23 heavy (non-hydrogen) atoms. The van der Waals surface area contributed by atoms with E-state index in [4.69, 9.17) is 0 Å². The van der Waals surface area contributed by atoms with Gasteiger partial charge < -0.3 is 14.9 Å². The summed E-state index contributed by atoms with van der Waals surface area (Å²) in [7, 11) is 0. The van der Waals surface area contributed by atoms with E-state index < -0.39 is 0 Å². The summed E-state index contributed by atoms with van der Waals surface area (Å²) in [6.07, 6.45) is 5.66. The minimum Gasteiger partial charge on any atom is -0.348 e. The molecule has 1 saturated heterocycles. The van der Waals surface area contributed by atoms with Crippen LogP contribution in [0.15, 0.2) is 29.6 Å². The van der Waals surface area contributed by atoms with Crippen molar-refractivity contribution in [1.82, 2.24) is 4.98 Å². The zero-order valence-corrected chi connectivity index (χ0v) is 14.7. The Hall–Kier alpha value is -1.73. The Balaban J connectivity index is 1.66. The second kappa shape index (κ2) is 7.70. The number of hydrogen-bond acceptors (Lipinski definition) is 6. The zero-order chi connectivity index (χ0) is 16.1. The molecular weight excluding hydrogens is 328 g/mol. The lowest BCUT2D eigenvalue weighted by molar-refractivity contribution is 0.102. The molecule has 1 aromatic carbocycles. The van der Waals surface area contributed by atoms with Gasteiger partial charge in [-0.25, -0.2) is 4.98 Å². The van der Waals surface area contributed by atoms with Crippen molar-refractivity contribution in [3.8, 4) is 0 Å². The molecule has 1 fully saturated rings. The van der Waals surface area contributed by atoms with Crippen molar-refractivity contribution in [3.63, 3.8) is 0 Å². The molecule has 1 aromatic heterocycles. The first-order valence-corrected chi connectivity index (χ1v) is 9.77. The molecule has 0 spiro atoms. The van der Waals surface area contributed by atoms with E-state index in [0.717, 1.165) is 29.6 Å². The summed E-state index contributed by atoms with van der Waals surface area (Å²) in [5, 5.41) is 5.70. The Bertz CT molecular complexity index is 668. The molecule has 1 aliphatic rings. The van der Waals surface area contributed by atoms with E-state index in [0.29, 0.717) is 5.69 Å². The number of carbonyl (C=O) groups excluding carboxylic acids is 1. The van der Waals surface area contributed by atoms with Gasteiger partial charge in [-0.15, -0.1) is 11.3 Å². The van der Waals surface area contributed by atoms with Gasteiger partial charge >= 0.3 is 0 Å². The van der Waals surface area contributed by atoms with Gasteiger partial charge in [0.15, 0.2) is 5.13 Å². The predicted molar refractivity (Wildman–Crippen MR) is 99.7 cm³/mol. The molecule has 0 unspecified atom stereocenters. The molecule has 2 heterocycles. The lowest BCUT2D eigenvalue weighted by Gasteiger charge is -2.25. The van der Waals surface area contributed by atoms with Crippen molar-refractivity contribution < 1.29 is 4.79 Å². The van der Waals surface area contributed by atoms with Gasteiger partial charge in [-0.2, -0.15) is 0 Å². The van der Waals surface area contributed by atoms with Crippen LogP contribution in [-0.2, 0) is 0 Å². The molecule has 2 aromatic rings. The topological polar surface area (TPSA) is 57.3 Å². The number of thiazole rings is 1. The zero-order valence-electron chi connectivity index (χ0n) is 13.0. The van der Waals surface area contributed by atoms with Gasteiger partial charge in [-0.1, -0.05) is 18.0 Å². The highest BCUT2D eigenvalue weighted by Crippen LogP contribution is 2.25. The second-order valence-corrected chi connectivity index (χ2v) is 6.85. The number of nitrogens with zero attached hydrogens (tertiary/aromatic N) is 2. The third-order valence-electron chi connectivity index (χ3n) is 3.69. The van der Waals surface area contributed by atoms with Gasteiger partial charge in [0.1, 0.15) is 5.69 Å². The van der Waals surface area contributed by atoms with Gasteiger partial charge in [0, 0.05) is 36.1 Å². The normalized spacial score (nSPS) is 14.6. The van der Waals surface area contributed by atoms with Crippen molar-refractivity contribution >= 4 is 45.7 Å². The molecule has 1 amide bonds. The third kappa shape index (κ3) is 4.17. The number of piperidine rings is 1. The summed E-state index contributed by atoms with van der Waals surface area (Å²) in [5.74, 6) is -0.161. The van der Waals surface area contributed by atoms with Crippen LogP contribution in [-0.4, -0.2) is 30.2 Å². The SMILES string of the molecule is CSNc1cccc(NC(=O)c2csc(N3CCCCC3)n2)c1. The molecule has 2 N–H and O–H groups in total. The van der Waals surface area contributed by atoms with Crippen LogP contribution in [0.2, 0.25) is 0 Å². The van der Waals surface area contributed by atoms with E-state index in [1.165, 1.54) is 31.2 Å². The van der Waals surface area contributed by atoms with E-state index in [1.54, 1.807) is 11.3 Å². The molecule has 0 saturated carbocycles. The van der Waals surface area contributed by atoms with Crippen LogP contribution >= 0.6 is 23.3 Å². The van der Waals surface area contributed by atoms with Gasteiger partial charge in [0.2, 0.25) is 0 Å². The van der Waals surface area contributed by atoms with Crippen LogP contribution in [0.5, 0.6) is 0 Å². The molecule has 3 rings (SSSR count). The van der Waals surface area contributed by atoms with E-state index in [9.17, 15) is 4.79 Å². The maximum atomic E-state index is 12.4. The average molecular weight is 348 g/mol. The minimum absolute atomic E-state index is 0.161. The highest BCUT2D eigenvalue weighted by Gasteiger charge is 2.17. The maximum Gasteiger partial charge on any atom is 0.275 e. The molecule has 0 atom stereocenters. The minimum atomic E-state index is -0.161. The fraction of sp³-hybridized carbons (Fsp3) is 0.375. The highest BCUT2D eigenvalue weighted by atomic mass is 32.2. The van der Waals surface area contributed by atoms with Crippen molar-refractivity contribution in [1.29, 1.82) is 0 Å². The monoisotopic (exact) mass is 348 g/mol. The number of hydrogen-bond donors (Lipinski definition) is 2. The molecule has 7 heteroatoms. The fourth-order valence-electron chi connectivity index (χ4n) is 2.57. The number of benzene rings is 1. The standard InChI is InChI=1S/C16H20N4OS2/c1-22-19-13-7-5-6-12(10-13)17-15(21)14-11-23-16(18-14)20-8-3-2-4-9-20/h5-7,10-11,19H,2-4,8-9H2,1H3,(H,17,21). The number of anilines is 3. The molecule has 122 valence electrons. The second-order valence-electron chi connectivity index (χ2n) is 5.40. The first kappa shape index (κ1) is 16.1. The van der Waals surface area contributed by atoms with Crippen LogP contribution in [0.1, 0.15) is 29.8 Å². The van der Waals surface area contributed by atoms with Crippen LogP contribution in [0, 0.1) is 0 Å². The van der Waals surface area contributed by atoms with Gasteiger partial charge in [0.25, 0.3) is 5.91 Å². The first-order valence-electron chi connectivity index (χ1n) is 7.67. The van der Waals surface area contributed by atoms with Crippen molar-refractivity contribution in [3.05, 3.63) is 35.3 Å². The summed E-state index contributed by atoms with van der Waals surface area (Å²) >= 11 is 3.06. The van der Waals surface area contributed by atoms with Crippen molar-refractivity contribution in [2.45, 2.75) is 19.3 Å². The molecule has 0 bridgehead atoms. The number of nitrogens with one attached hydrogen (secondary N) is 2. The Morgan fingerprint density at radius 1 is 1.26 bits per heavy atom. The highest BCUT2D eigenvalue weighted by molar-refractivity contribution is 7.99. The number of carbonyl (C=O) groups is 1. The van der Waals surface area contributed by atoms with E-state index >= 15 is 0 Å². The summed E-state index contributed by atoms with van der Waals surface area (Å²) in [4.78, 5) is 19.1. The van der Waals surface area contributed by atoms with Crippen LogP contribution in [0.3, 0.4) is 0 Å². The summed E-state index contributed by atoms with van der Waals surface area (Å²) in [5.41, 5.74) is 2.21. The van der Waals surface area contributed by atoms with Crippen LogP contribution in [0.4, 0.5) is 16.5 Å². The van der Waals surface area contributed by atoms with Crippen molar-refractivity contribution in [2.75, 3.05) is 34.3 Å². The molecule has 5 nitrogen and oxygen atoms in total. The third-order valence-corrected chi connectivity index (χ3v) is 5.03. The lowest BCUT2D eigenvalue weighted by Crippen LogP contribution is -2.29. The van der Waals surface area contributed by atoms with E-state index in [1.807, 2.05) is 35.9 Å². The summed E-state index contributed by atoms with van der Waals surface area (Å²) < 4.78 is 3.15. The summed E-state index contributed by atoms with van der Waals surface area (Å²) in [6.45, 7) is 2.08. The quantitative estimate of drug-likeness (QED) is 0.798. The number of rotatable bonds is 5. The van der Waals surface area contributed by atoms with Crippen LogP contribution < -0.4 is 14.9 Å². The van der Waals surface area contributed by atoms with Gasteiger partial charge in [0.05, 0.1) is 0 Å². The number of aromatic nitrogens is 1. The number of amides is 1. The Morgan fingerprint density at radius 3 is 2.83 bits per heavy atom. The molecule has 0 radical (unpaired) electrons. The van der Waals surface area contributed by atoms with E-state index in [-0.39, 0.29) is 5.91 Å².